The molecule has 1 aliphatic heterocycles. The van der Waals surface area contributed by atoms with E-state index in [2.05, 4.69) is 11.9 Å². The van der Waals surface area contributed by atoms with Gasteiger partial charge >= 0.3 is 0 Å². The molecule has 5 nitrogen and oxygen atoms in total. The monoisotopic (exact) mass is 326 g/mol. The maximum Gasteiger partial charge on any atom is 0.178 e. The molecule has 2 heterocycles. The number of ether oxygens (including phenoxy) is 1. The van der Waals surface area contributed by atoms with Gasteiger partial charge in [0.15, 0.2) is 14.6 Å². The molecule has 0 radical (unpaired) electrons. The van der Waals surface area contributed by atoms with Gasteiger partial charge in [0.2, 0.25) is 0 Å². The van der Waals surface area contributed by atoms with E-state index in [1.165, 1.54) is 6.26 Å². The van der Waals surface area contributed by atoms with Gasteiger partial charge in [-0.15, -0.1) is 0 Å². The predicted octanol–water partition coefficient (Wildman–Crippen LogP) is 2.63. The number of hydrogen-bond donors (Lipinski definition) is 1. The third-order valence-corrected chi connectivity index (χ3v) is 5.87. The van der Waals surface area contributed by atoms with Crippen molar-refractivity contribution in [1.29, 1.82) is 0 Å². The lowest BCUT2D eigenvalue weighted by Gasteiger charge is -2.30. The van der Waals surface area contributed by atoms with Crippen molar-refractivity contribution in [3.8, 4) is 0 Å². The number of aromatic amines is 1. The van der Waals surface area contributed by atoms with Crippen LogP contribution in [0.1, 0.15) is 20.3 Å². The van der Waals surface area contributed by atoms with Crippen LogP contribution < -0.4 is 0 Å². The van der Waals surface area contributed by atoms with Crippen LogP contribution in [0.15, 0.2) is 23.1 Å². The number of nitrogens with zero attached hydrogens (tertiary/aromatic N) is 1. The van der Waals surface area contributed by atoms with Crippen molar-refractivity contribution in [2.24, 2.45) is 0 Å². The largest absolute Gasteiger partial charge is 0.376 e. The fraction of sp³-hybridized carbons (Fsp3) is 0.500. The van der Waals surface area contributed by atoms with Crippen molar-refractivity contribution in [3.05, 3.63) is 23.0 Å². The van der Waals surface area contributed by atoms with Crippen LogP contribution in [0.5, 0.6) is 0 Å². The minimum Gasteiger partial charge on any atom is -0.376 e. The van der Waals surface area contributed by atoms with E-state index in [1.807, 2.05) is 17.6 Å². The second-order valence-electron chi connectivity index (χ2n) is 5.81. The quantitative estimate of drug-likeness (QED) is 0.862. The van der Waals surface area contributed by atoms with E-state index in [9.17, 15) is 8.42 Å². The second kappa shape index (κ2) is 4.66. The Kier molecular flexibility index (Phi) is 3.27. The SMILES string of the molecule is CC1OCCC1(C)n1c(=S)[nH]c2c(S(C)(=O)=O)cccc21. The van der Waals surface area contributed by atoms with E-state index >= 15 is 0 Å². The molecule has 1 fully saturated rings. The maximum absolute atomic E-state index is 11.9. The number of benzene rings is 1. The summed E-state index contributed by atoms with van der Waals surface area (Å²) in [4.78, 5) is 3.35. The minimum atomic E-state index is -3.31. The lowest BCUT2D eigenvalue weighted by atomic mass is 9.94. The van der Waals surface area contributed by atoms with Crippen LogP contribution in [0, 0.1) is 4.77 Å². The molecule has 114 valence electrons. The molecule has 2 atom stereocenters. The van der Waals surface area contributed by atoms with Gasteiger partial charge < -0.3 is 14.3 Å². The number of hydrogen-bond acceptors (Lipinski definition) is 4. The van der Waals surface area contributed by atoms with Crippen LogP contribution in [-0.2, 0) is 20.1 Å². The summed E-state index contributed by atoms with van der Waals surface area (Å²) in [7, 11) is -3.31. The summed E-state index contributed by atoms with van der Waals surface area (Å²) in [5.41, 5.74) is 1.11. The molecule has 7 heteroatoms. The molecular weight excluding hydrogens is 308 g/mol. The molecule has 1 saturated heterocycles. The Balaban J connectivity index is 2.37. The molecule has 0 spiro atoms. The van der Waals surface area contributed by atoms with Gasteiger partial charge in [0.05, 0.1) is 27.6 Å². The van der Waals surface area contributed by atoms with E-state index in [0.717, 1.165) is 11.9 Å². The van der Waals surface area contributed by atoms with Crippen molar-refractivity contribution >= 4 is 33.1 Å². The van der Waals surface area contributed by atoms with Crippen LogP contribution in [0.4, 0.5) is 0 Å². The molecule has 0 amide bonds. The van der Waals surface area contributed by atoms with E-state index < -0.39 is 9.84 Å². The van der Waals surface area contributed by atoms with Crippen LogP contribution in [0.25, 0.3) is 11.0 Å². The van der Waals surface area contributed by atoms with Gasteiger partial charge in [-0.3, -0.25) is 0 Å². The lowest BCUT2D eigenvalue weighted by molar-refractivity contribution is 0.0770. The number of para-hydroxylation sites is 1. The number of H-pyrrole nitrogens is 1. The van der Waals surface area contributed by atoms with Crippen LogP contribution in [0.2, 0.25) is 0 Å². The average molecular weight is 326 g/mol. The van der Waals surface area contributed by atoms with E-state index in [0.29, 0.717) is 16.9 Å². The number of nitrogens with one attached hydrogen (secondary N) is 1. The summed E-state index contributed by atoms with van der Waals surface area (Å²) >= 11 is 5.45. The second-order valence-corrected chi connectivity index (χ2v) is 8.18. The van der Waals surface area contributed by atoms with Crippen molar-refractivity contribution < 1.29 is 13.2 Å². The Morgan fingerprint density at radius 2 is 2.19 bits per heavy atom. The Morgan fingerprint density at radius 1 is 1.48 bits per heavy atom. The topological polar surface area (TPSA) is 64.1 Å². The Hall–Kier alpha value is -1.18. The van der Waals surface area contributed by atoms with Gasteiger partial charge in [-0.05, 0) is 44.6 Å². The molecule has 1 aromatic carbocycles. The zero-order valence-corrected chi connectivity index (χ0v) is 13.8. The Labute approximate surface area is 128 Å². The lowest BCUT2D eigenvalue weighted by Crippen LogP contribution is -2.36. The van der Waals surface area contributed by atoms with Crippen molar-refractivity contribution in [2.45, 2.75) is 36.8 Å². The summed E-state index contributed by atoms with van der Waals surface area (Å²) in [6.45, 7) is 4.80. The first-order valence-electron chi connectivity index (χ1n) is 6.81. The first-order chi connectivity index (χ1) is 9.75. The van der Waals surface area contributed by atoms with Gasteiger partial charge in [0, 0.05) is 12.9 Å². The first kappa shape index (κ1) is 14.7. The normalized spacial score (nSPS) is 26.5. The number of rotatable bonds is 2. The van der Waals surface area contributed by atoms with Crippen molar-refractivity contribution in [3.63, 3.8) is 0 Å². The van der Waals surface area contributed by atoms with Crippen LogP contribution >= 0.6 is 12.2 Å². The third-order valence-electron chi connectivity index (χ3n) is 4.44. The molecule has 1 N–H and O–H groups in total. The minimum absolute atomic E-state index is 0.0186. The summed E-state index contributed by atoms with van der Waals surface area (Å²) in [5, 5.41) is 0. The number of fused-ring (bicyclic) bond motifs is 1. The fourth-order valence-electron chi connectivity index (χ4n) is 3.04. The number of imidazole rings is 1. The highest BCUT2D eigenvalue weighted by atomic mass is 32.2. The molecule has 21 heavy (non-hydrogen) atoms. The third kappa shape index (κ3) is 2.15. The van der Waals surface area contributed by atoms with Gasteiger partial charge in [-0.25, -0.2) is 8.42 Å². The fourth-order valence-corrected chi connectivity index (χ4v) is 4.30. The highest BCUT2D eigenvalue weighted by Crippen LogP contribution is 2.37. The van der Waals surface area contributed by atoms with Crippen LogP contribution in [-0.4, -0.2) is 36.9 Å². The highest BCUT2D eigenvalue weighted by Gasteiger charge is 2.40. The van der Waals surface area contributed by atoms with Gasteiger partial charge in [-0.2, -0.15) is 0 Å². The summed E-state index contributed by atoms with van der Waals surface area (Å²) in [6, 6.07) is 5.25. The molecule has 1 aliphatic rings. The molecule has 0 bridgehead atoms. The Bertz CT molecular complexity index is 866. The van der Waals surface area contributed by atoms with E-state index in [-0.39, 0.29) is 16.5 Å². The van der Waals surface area contributed by atoms with Crippen molar-refractivity contribution in [2.75, 3.05) is 12.9 Å². The molecule has 1 aromatic heterocycles. The zero-order chi connectivity index (χ0) is 15.4. The summed E-state index contributed by atoms with van der Waals surface area (Å²) in [5.74, 6) is 0. The average Bonchev–Trinajstić information content (AvgIpc) is 2.88. The highest BCUT2D eigenvalue weighted by molar-refractivity contribution is 7.91. The first-order valence-corrected chi connectivity index (χ1v) is 9.11. The number of aromatic nitrogens is 2. The molecule has 0 aliphatic carbocycles. The maximum atomic E-state index is 11.9. The Morgan fingerprint density at radius 3 is 2.76 bits per heavy atom. The smallest absolute Gasteiger partial charge is 0.178 e. The number of sulfone groups is 1. The summed E-state index contributed by atoms with van der Waals surface area (Å²) < 4.78 is 32.1. The van der Waals surface area contributed by atoms with E-state index in [1.54, 1.807) is 12.1 Å². The van der Waals surface area contributed by atoms with Gasteiger partial charge in [0.1, 0.15) is 0 Å². The van der Waals surface area contributed by atoms with Crippen LogP contribution in [0.3, 0.4) is 0 Å². The molecule has 2 aromatic rings. The molecule has 0 saturated carbocycles. The van der Waals surface area contributed by atoms with Crippen molar-refractivity contribution in [1.82, 2.24) is 9.55 Å². The van der Waals surface area contributed by atoms with Gasteiger partial charge in [0.25, 0.3) is 0 Å². The predicted molar refractivity (Wildman–Crippen MR) is 83.9 cm³/mol. The molecule has 2 unspecified atom stereocenters. The van der Waals surface area contributed by atoms with E-state index in [4.69, 9.17) is 17.0 Å². The standard InChI is InChI=1S/C14H18N2O3S2/c1-9-14(2,7-8-19-9)16-10-5-4-6-11(21(3,17)18)12(10)15-13(16)20/h4-6,9H,7-8H2,1-3H3,(H,15,20). The summed E-state index contributed by atoms with van der Waals surface area (Å²) in [6.07, 6.45) is 2.07. The van der Waals surface area contributed by atoms with Gasteiger partial charge in [-0.1, -0.05) is 6.07 Å². The zero-order valence-electron chi connectivity index (χ0n) is 12.2. The molecule has 3 rings (SSSR count). The molecular formula is C14H18N2O3S2.